The molecule has 2 amide bonds. The number of carbonyl (C=O) groups excluding carboxylic acids is 1. The fraction of sp³-hybridized carbons (Fsp3) is 0.533. The first-order valence-electron chi connectivity index (χ1n) is 7.20. The van der Waals surface area contributed by atoms with E-state index < -0.39 is 0 Å². The molecule has 0 spiro atoms. The monoisotopic (exact) mass is 293 g/mol. The van der Waals surface area contributed by atoms with Gasteiger partial charge in [0.05, 0.1) is 0 Å². The minimum atomic E-state index is -0.130. The van der Waals surface area contributed by atoms with E-state index in [4.69, 9.17) is 9.47 Å². The molecule has 1 aromatic rings. The van der Waals surface area contributed by atoms with Crippen molar-refractivity contribution in [1.29, 1.82) is 0 Å². The van der Waals surface area contributed by atoms with Gasteiger partial charge in [-0.25, -0.2) is 4.79 Å². The van der Waals surface area contributed by atoms with Gasteiger partial charge in [-0.05, 0) is 38.2 Å². The van der Waals surface area contributed by atoms with Crippen LogP contribution in [0.5, 0.6) is 11.5 Å². The molecule has 2 rings (SSSR count). The molecule has 0 saturated carbocycles. The van der Waals surface area contributed by atoms with E-state index >= 15 is 0 Å². The van der Waals surface area contributed by atoms with E-state index in [9.17, 15) is 4.79 Å². The third-order valence-corrected chi connectivity index (χ3v) is 3.15. The Labute approximate surface area is 125 Å². The summed E-state index contributed by atoms with van der Waals surface area (Å²) in [6.45, 7) is 3.25. The van der Waals surface area contributed by atoms with E-state index in [1.165, 1.54) is 0 Å². The summed E-state index contributed by atoms with van der Waals surface area (Å²) in [6, 6.07) is 5.76. The molecule has 6 heteroatoms. The number of benzene rings is 1. The third kappa shape index (κ3) is 5.15. The molecular formula is C15H23N3O3. The number of hydrogen-bond acceptors (Lipinski definition) is 4. The van der Waals surface area contributed by atoms with Crippen molar-refractivity contribution in [3.8, 4) is 11.5 Å². The number of likely N-dealkylation sites (N-methyl/N-ethyl adjacent to an activating group) is 1. The molecule has 0 unspecified atom stereocenters. The Morgan fingerprint density at radius 3 is 2.62 bits per heavy atom. The Balaban J connectivity index is 1.70. The summed E-state index contributed by atoms with van der Waals surface area (Å²) >= 11 is 0. The first-order valence-corrected chi connectivity index (χ1v) is 7.20. The molecule has 0 aliphatic carbocycles. The maximum absolute atomic E-state index is 11.6. The summed E-state index contributed by atoms with van der Waals surface area (Å²) in [6.07, 6.45) is 0.762. The zero-order chi connectivity index (χ0) is 15.1. The van der Waals surface area contributed by atoms with Crippen molar-refractivity contribution in [2.45, 2.75) is 6.42 Å². The molecule has 1 aliphatic heterocycles. The van der Waals surface area contributed by atoms with Crippen molar-refractivity contribution in [3.63, 3.8) is 0 Å². The van der Waals surface area contributed by atoms with Gasteiger partial charge in [0.2, 0.25) is 0 Å². The summed E-state index contributed by atoms with van der Waals surface area (Å²) in [5, 5.41) is 5.66. The van der Waals surface area contributed by atoms with Gasteiger partial charge < -0.3 is 25.0 Å². The highest BCUT2D eigenvalue weighted by Gasteiger charge is 2.11. The first-order chi connectivity index (χ1) is 10.1. The van der Waals surface area contributed by atoms with E-state index in [0.29, 0.717) is 26.3 Å². The smallest absolute Gasteiger partial charge is 0.314 e. The molecule has 0 saturated heterocycles. The summed E-state index contributed by atoms with van der Waals surface area (Å²) in [4.78, 5) is 13.6. The lowest BCUT2D eigenvalue weighted by Crippen LogP contribution is -2.39. The van der Waals surface area contributed by atoms with Gasteiger partial charge in [0.1, 0.15) is 13.2 Å². The van der Waals surface area contributed by atoms with Crippen LogP contribution in [0.3, 0.4) is 0 Å². The van der Waals surface area contributed by atoms with Crippen LogP contribution in [-0.2, 0) is 6.42 Å². The quantitative estimate of drug-likeness (QED) is 0.816. The highest BCUT2D eigenvalue weighted by Crippen LogP contribution is 2.30. The Kier molecular flexibility index (Phi) is 5.68. The van der Waals surface area contributed by atoms with Crippen molar-refractivity contribution in [3.05, 3.63) is 23.8 Å². The molecule has 21 heavy (non-hydrogen) atoms. The standard InChI is InChI=1S/C15H23N3O3/c1-18(2)8-7-17-15(19)16-6-5-12-3-4-13-14(11-12)21-10-9-20-13/h3-4,11H,5-10H2,1-2H3,(H2,16,17,19). The second-order valence-corrected chi connectivity index (χ2v) is 5.21. The van der Waals surface area contributed by atoms with Crippen molar-refractivity contribution < 1.29 is 14.3 Å². The number of ether oxygens (including phenoxy) is 2. The van der Waals surface area contributed by atoms with E-state index in [2.05, 4.69) is 10.6 Å². The van der Waals surface area contributed by atoms with Gasteiger partial charge in [0.15, 0.2) is 11.5 Å². The van der Waals surface area contributed by atoms with Gasteiger partial charge in [0, 0.05) is 19.6 Å². The van der Waals surface area contributed by atoms with E-state index in [-0.39, 0.29) is 6.03 Å². The Bertz CT molecular complexity index is 477. The topological polar surface area (TPSA) is 62.8 Å². The van der Waals surface area contributed by atoms with Gasteiger partial charge in [-0.3, -0.25) is 0 Å². The first kappa shape index (κ1) is 15.4. The van der Waals surface area contributed by atoms with Gasteiger partial charge in [-0.15, -0.1) is 0 Å². The molecule has 2 N–H and O–H groups in total. The third-order valence-electron chi connectivity index (χ3n) is 3.15. The van der Waals surface area contributed by atoms with Gasteiger partial charge in [-0.1, -0.05) is 6.07 Å². The average molecular weight is 293 g/mol. The Morgan fingerprint density at radius 1 is 1.14 bits per heavy atom. The van der Waals surface area contributed by atoms with Crippen molar-refractivity contribution >= 4 is 6.03 Å². The second-order valence-electron chi connectivity index (χ2n) is 5.21. The molecule has 1 aliphatic rings. The van der Waals surface area contributed by atoms with E-state index in [1.54, 1.807) is 0 Å². The van der Waals surface area contributed by atoms with Crippen LogP contribution >= 0.6 is 0 Å². The van der Waals surface area contributed by atoms with E-state index in [1.807, 2.05) is 37.2 Å². The van der Waals surface area contributed by atoms with Crippen molar-refractivity contribution in [2.75, 3.05) is 46.9 Å². The molecule has 116 valence electrons. The minimum Gasteiger partial charge on any atom is -0.486 e. The minimum absolute atomic E-state index is 0.130. The summed E-state index contributed by atoms with van der Waals surface area (Å²) in [5.41, 5.74) is 1.12. The van der Waals surface area contributed by atoms with Crippen LogP contribution < -0.4 is 20.1 Å². The highest BCUT2D eigenvalue weighted by molar-refractivity contribution is 5.73. The maximum atomic E-state index is 11.6. The molecule has 0 aromatic heterocycles. The lowest BCUT2D eigenvalue weighted by Gasteiger charge is -2.19. The van der Waals surface area contributed by atoms with Gasteiger partial charge in [0.25, 0.3) is 0 Å². The van der Waals surface area contributed by atoms with Crippen LogP contribution in [0.25, 0.3) is 0 Å². The zero-order valence-corrected chi connectivity index (χ0v) is 12.6. The number of fused-ring (bicyclic) bond motifs is 1. The summed E-state index contributed by atoms with van der Waals surface area (Å²) < 4.78 is 11.0. The molecule has 1 aromatic carbocycles. The normalized spacial score (nSPS) is 13.1. The maximum Gasteiger partial charge on any atom is 0.314 e. The average Bonchev–Trinajstić information content (AvgIpc) is 2.47. The number of nitrogens with zero attached hydrogens (tertiary/aromatic N) is 1. The Hall–Kier alpha value is -1.95. The molecule has 1 heterocycles. The predicted molar refractivity (Wildman–Crippen MR) is 81.1 cm³/mol. The molecule has 0 radical (unpaired) electrons. The van der Waals surface area contributed by atoms with Crippen LogP contribution in [0.15, 0.2) is 18.2 Å². The fourth-order valence-electron chi connectivity index (χ4n) is 2.02. The van der Waals surface area contributed by atoms with Crippen LogP contribution in [-0.4, -0.2) is 57.9 Å². The lowest BCUT2D eigenvalue weighted by molar-refractivity contribution is 0.171. The number of carbonyl (C=O) groups is 1. The molecule has 0 bridgehead atoms. The fourth-order valence-corrected chi connectivity index (χ4v) is 2.02. The lowest BCUT2D eigenvalue weighted by atomic mass is 10.1. The van der Waals surface area contributed by atoms with Crippen LogP contribution in [0.4, 0.5) is 4.79 Å². The Morgan fingerprint density at radius 2 is 1.86 bits per heavy atom. The molecule has 6 nitrogen and oxygen atoms in total. The number of nitrogens with one attached hydrogen (secondary N) is 2. The molecular weight excluding hydrogens is 270 g/mol. The van der Waals surface area contributed by atoms with Crippen LogP contribution in [0, 0.1) is 0 Å². The molecule has 0 atom stereocenters. The SMILES string of the molecule is CN(C)CCNC(=O)NCCc1ccc2c(c1)OCCO2. The largest absolute Gasteiger partial charge is 0.486 e. The van der Waals surface area contributed by atoms with Gasteiger partial charge in [-0.2, -0.15) is 0 Å². The van der Waals surface area contributed by atoms with Gasteiger partial charge >= 0.3 is 6.03 Å². The second kappa shape index (κ2) is 7.73. The van der Waals surface area contributed by atoms with Crippen molar-refractivity contribution in [2.24, 2.45) is 0 Å². The number of amides is 2. The summed E-state index contributed by atoms with van der Waals surface area (Å²) in [7, 11) is 3.95. The van der Waals surface area contributed by atoms with Crippen molar-refractivity contribution in [1.82, 2.24) is 15.5 Å². The van der Waals surface area contributed by atoms with Crippen LogP contribution in [0.1, 0.15) is 5.56 Å². The molecule has 0 fully saturated rings. The predicted octanol–water partition coefficient (Wildman–Crippen LogP) is 0.861. The summed E-state index contributed by atoms with van der Waals surface area (Å²) in [5.74, 6) is 1.58. The highest BCUT2D eigenvalue weighted by atomic mass is 16.6. The van der Waals surface area contributed by atoms with E-state index in [0.717, 1.165) is 30.0 Å². The van der Waals surface area contributed by atoms with Crippen LogP contribution in [0.2, 0.25) is 0 Å². The number of hydrogen-bond donors (Lipinski definition) is 2. The zero-order valence-electron chi connectivity index (χ0n) is 12.6. The number of urea groups is 1. The number of rotatable bonds is 6.